The highest BCUT2D eigenvalue weighted by Gasteiger charge is 2.18. The number of carbonyl (C=O) groups excluding carboxylic acids is 1. The largest absolute Gasteiger partial charge is 0.497 e. The number of amides is 1. The third-order valence-corrected chi connectivity index (χ3v) is 4.74. The maximum atomic E-state index is 12.8. The number of nitrogens with one attached hydrogen (secondary N) is 1. The molecule has 4 rings (SSSR count). The predicted molar refractivity (Wildman–Crippen MR) is 111 cm³/mol. The number of hydrogen-bond acceptors (Lipinski definition) is 4. The zero-order valence-corrected chi connectivity index (χ0v) is 16.0. The van der Waals surface area contributed by atoms with Gasteiger partial charge in [-0.15, -0.1) is 0 Å². The number of rotatable bonds is 7. The second-order valence-corrected chi connectivity index (χ2v) is 6.63. The highest BCUT2D eigenvalue weighted by molar-refractivity contribution is 5.91. The van der Waals surface area contributed by atoms with E-state index in [4.69, 9.17) is 9.26 Å². The number of aromatic nitrogens is 2. The van der Waals surface area contributed by atoms with Gasteiger partial charge in [-0.3, -0.25) is 4.79 Å². The van der Waals surface area contributed by atoms with Gasteiger partial charge in [-0.1, -0.05) is 29.4 Å². The average Bonchev–Trinajstić information content (AvgIpc) is 3.47. The first-order valence-corrected chi connectivity index (χ1v) is 9.30. The highest BCUT2D eigenvalue weighted by Crippen LogP contribution is 2.26. The summed E-state index contributed by atoms with van der Waals surface area (Å²) >= 11 is 0. The summed E-state index contributed by atoms with van der Waals surface area (Å²) in [5, 5.41) is 6.72. The van der Waals surface area contributed by atoms with Gasteiger partial charge in [-0.05, 0) is 42.0 Å². The molecule has 4 aromatic rings. The van der Waals surface area contributed by atoms with Gasteiger partial charge in [-0.2, -0.15) is 0 Å². The molecule has 2 aromatic heterocycles. The number of carbonyl (C=O) groups is 1. The molecule has 0 aliphatic carbocycles. The predicted octanol–water partition coefficient (Wildman–Crippen LogP) is 4.77. The molecule has 0 aliphatic heterocycles. The molecule has 0 aliphatic rings. The van der Waals surface area contributed by atoms with E-state index in [1.54, 1.807) is 19.4 Å². The second-order valence-electron chi connectivity index (χ2n) is 6.63. The maximum absolute atomic E-state index is 12.8. The van der Waals surface area contributed by atoms with Crippen molar-refractivity contribution in [1.29, 1.82) is 0 Å². The molecule has 0 unspecified atom stereocenters. The van der Waals surface area contributed by atoms with Gasteiger partial charge in [0.1, 0.15) is 5.75 Å². The normalized spacial score (nSPS) is 11.8. The van der Waals surface area contributed by atoms with Crippen molar-refractivity contribution in [3.8, 4) is 17.1 Å². The fourth-order valence-electron chi connectivity index (χ4n) is 3.28. The van der Waals surface area contributed by atoms with Crippen molar-refractivity contribution in [2.45, 2.75) is 12.5 Å². The van der Waals surface area contributed by atoms with Gasteiger partial charge in [0, 0.05) is 29.7 Å². The number of methoxy groups -OCH3 is 1. The zero-order valence-electron chi connectivity index (χ0n) is 16.0. The molecule has 1 N–H and O–H groups in total. The fourth-order valence-corrected chi connectivity index (χ4v) is 3.28. The molecular formula is C23H21N3O3. The molecule has 146 valence electrons. The van der Waals surface area contributed by atoms with Crippen LogP contribution in [0.25, 0.3) is 11.3 Å². The van der Waals surface area contributed by atoms with Crippen molar-refractivity contribution in [2.75, 3.05) is 12.4 Å². The van der Waals surface area contributed by atoms with Gasteiger partial charge in [0.15, 0.2) is 5.76 Å². The first kappa shape index (κ1) is 18.6. The van der Waals surface area contributed by atoms with Crippen LogP contribution in [0.1, 0.15) is 18.0 Å². The van der Waals surface area contributed by atoms with Crippen molar-refractivity contribution < 1.29 is 14.1 Å². The van der Waals surface area contributed by atoms with E-state index in [0.717, 1.165) is 16.9 Å². The van der Waals surface area contributed by atoms with Crippen LogP contribution in [0, 0.1) is 0 Å². The molecular weight excluding hydrogens is 366 g/mol. The lowest BCUT2D eigenvalue weighted by molar-refractivity contribution is -0.116. The van der Waals surface area contributed by atoms with Crippen LogP contribution >= 0.6 is 0 Å². The second kappa shape index (κ2) is 8.48. The smallest absolute Gasteiger partial charge is 0.226 e. The molecule has 0 saturated carbocycles. The van der Waals surface area contributed by atoms with Crippen molar-refractivity contribution >= 4 is 11.6 Å². The van der Waals surface area contributed by atoms with Crippen molar-refractivity contribution in [1.82, 2.24) is 9.72 Å². The van der Waals surface area contributed by atoms with Gasteiger partial charge >= 0.3 is 0 Å². The summed E-state index contributed by atoms with van der Waals surface area (Å²) in [6.07, 6.45) is 5.82. The number of ether oxygens (including phenoxy) is 1. The lowest BCUT2D eigenvalue weighted by atomic mass is 10.0. The van der Waals surface area contributed by atoms with Gasteiger partial charge in [0.05, 0.1) is 25.8 Å². The molecule has 2 aromatic carbocycles. The molecule has 0 bridgehead atoms. The van der Waals surface area contributed by atoms with Crippen LogP contribution in [0.4, 0.5) is 5.69 Å². The summed E-state index contributed by atoms with van der Waals surface area (Å²) < 4.78 is 12.5. The number of hydrogen-bond donors (Lipinski definition) is 1. The molecule has 6 nitrogen and oxygen atoms in total. The van der Waals surface area contributed by atoms with Crippen LogP contribution in [0.2, 0.25) is 0 Å². The van der Waals surface area contributed by atoms with E-state index in [1.165, 1.54) is 0 Å². The van der Waals surface area contributed by atoms with E-state index in [9.17, 15) is 4.79 Å². The van der Waals surface area contributed by atoms with Gasteiger partial charge in [0.25, 0.3) is 0 Å². The van der Waals surface area contributed by atoms with Crippen LogP contribution in [-0.4, -0.2) is 22.7 Å². The van der Waals surface area contributed by atoms with Gasteiger partial charge < -0.3 is 19.1 Å². The monoisotopic (exact) mass is 387 g/mol. The van der Waals surface area contributed by atoms with E-state index in [0.29, 0.717) is 17.9 Å². The number of anilines is 1. The number of nitrogens with zero attached hydrogens (tertiary/aromatic N) is 2. The Morgan fingerprint density at radius 3 is 2.59 bits per heavy atom. The van der Waals surface area contributed by atoms with Crippen LogP contribution in [0.3, 0.4) is 0 Å². The Labute approximate surface area is 168 Å². The van der Waals surface area contributed by atoms with Gasteiger partial charge in [-0.25, -0.2) is 0 Å². The first-order valence-electron chi connectivity index (χ1n) is 9.30. The molecule has 0 spiro atoms. The molecule has 0 saturated heterocycles. The minimum Gasteiger partial charge on any atom is -0.497 e. The molecule has 1 amide bonds. The molecule has 0 fully saturated rings. The molecule has 0 radical (unpaired) electrons. The van der Waals surface area contributed by atoms with Crippen molar-refractivity contribution in [2.24, 2.45) is 0 Å². The Hall–Kier alpha value is -3.80. The fraction of sp³-hybridized carbons (Fsp3) is 0.130. The molecule has 6 heteroatoms. The van der Waals surface area contributed by atoms with Crippen molar-refractivity contribution in [3.63, 3.8) is 0 Å². The highest BCUT2D eigenvalue weighted by atomic mass is 16.5. The van der Waals surface area contributed by atoms with E-state index in [-0.39, 0.29) is 11.9 Å². The Morgan fingerprint density at radius 1 is 1.10 bits per heavy atom. The minimum atomic E-state index is -0.117. The third kappa shape index (κ3) is 4.38. The standard InChI is InChI=1S/C23H21N3O3/c1-28-20-9-7-17(8-10-20)21(26-13-2-3-14-26)16-23(27)25-19-6-4-5-18(15-19)22-11-12-24-29-22/h2-15,21H,16H2,1H3,(H,25,27)/t21-/m1/s1. The summed E-state index contributed by atoms with van der Waals surface area (Å²) in [6.45, 7) is 0. The van der Waals surface area contributed by atoms with Crippen molar-refractivity contribution in [3.05, 3.63) is 90.9 Å². The summed E-state index contributed by atoms with van der Waals surface area (Å²) in [5.74, 6) is 1.37. The van der Waals surface area contributed by atoms with Gasteiger partial charge in [0.2, 0.25) is 5.91 Å². The average molecular weight is 387 g/mol. The minimum absolute atomic E-state index is 0.0748. The molecule has 2 heterocycles. The third-order valence-electron chi connectivity index (χ3n) is 4.74. The lowest BCUT2D eigenvalue weighted by Crippen LogP contribution is -2.19. The topological polar surface area (TPSA) is 69.3 Å². The maximum Gasteiger partial charge on any atom is 0.226 e. The Balaban J connectivity index is 1.52. The quantitative estimate of drug-likeness (QED) is 0.496. The number of benzene rings is 2. The van der Waals surface area contributed by atoms with E-state index in [2.05, 4.69) is 10.5 Å². The van der Waals surface area contributed by atoms with Crippen LogP contribution in [0.15, 0.2) is 89.8 Å². The zero-order chi connectivity index (χ0) is 20.1. The lowest BCUT2D eigenvalue weighted by Gasteiger charge is -2.20. The Morgan fingerprint density at radius 2 is 1.90 bits per heavy atom. The van der Waals surface area contributed by atoms with Crippen LogP contribution < -0.4 is 10.1 Å². The van der Waals surface area contributed by atoms with E-state index in [1.807, 2.05) is 77.6 Å². The van der Waals surface area contributed by atoms with E-state index >= 15 is 0 Å². The van der Waals surface area contributed by atoms with E-state index < -0.39 is 0 Å². The molecule has 1 atom stereocenters. The Kier molecular flexibility index (Phi) is 5.42. The summed E-state index contributed by atoms with van der Waals surface area (Å²) in [7, 11) is 1.64. The summed E-state index contributed by atoms with van der Waals surface area (Å²) in [6, 6.07) is 20.9. The first-order chi connectivity index (χ1) is 14.2. The molecule has 29 heavy (non-hydrogen) atoms. The SMILES string of the molecule is COc1ccc([C@@H](CC(=O)Nc2cccc(-c3ccno3)c2)n2cccc2)cc1. The van der Waals surface area contributed by atoms with Crippen LogP contribution in [0.5, 0.6) is 5.75 Å². The Bertz CT molecular complexity index is 1060. The summed E-state index contributed by atoms with van der Waals surface area (Å²) in [5.41, 5.74) is 2.61. The van der Waals surface area contributed by atoms with Crippen LogP contribution in [-0.2, 0) is 4.79 Å². The summed E-state index contributed by atoms with van der Waals surface area (Å²) in [4.78, 5) is 12.8.